The minimum absolute atomic E-state index is 0.626. The normalized spacial score (nSPS) is 11.8. The van der Waals surface area contributed by atoms with Crippen molar-refractivity contribution in [1.29, 1.82) is 5.26 Å². The van der Waals surface area contributed by atoms with Gasteiger partial charge in [-0.05, 0) is 72.3 Å². The molecule has 0 saturated carbocycles. The number of nitriles is 1. The van der Waals surface area contributed by atoms with E-state index in [2.05, 4.69) is 143 Å². The molecule has 3 aromatic heterocycles. The largest absolute Gasteiger partial charge is 0.456 e. The second-order valence-electron chi connectivity index (χ2n) is 12.0. The van der Waals surface area contributed by atoms with Crippen molar-refractivity contribution in [3.63, 3.8) is 0 Å². The molecule has 0 fully saturated rings. The number of para-hydroxylation sites is 4. The average molecular weight is 600 g/mol. The van der Waals surface area contributed by atoms with E-state index in [1.54, 1.807) is 0 Å². The Hall–Kier alpha value is -6.57. The Balaban J connectivity index is 1.31. The summed E-state index contributed by atoms with van der Waals surface area (Å²) in [7, 11) is 0. The summed E-state index contributed by atoms with van der Waals surface area (Å²) >= 11 is 0. The molecule has 0 amide bonds. The monoisotopic (exact) mass is 599 g/mol. The molecule has 0 N–H and O–H groups in total. The lowest BCUT2D eigenvalue weighted by Crippen LogP contribution is -1.98. The SMILES string of the molecule is N#Cc1ccc(-c2ccc3c(c2)c2ccc4oc5ccccc5c4c2n3-c2ccccc2)c(-n2c3ccccc3c3ccccc32)c1. The highest BCUT2D eigenvalue weighted by Gasteiger charge is 2.21. The van der Waals surface area contributed by atoms with E-state index in [1.807, 2.05) is 24.3 Å². The van der Waals surface area contributed by atoms with Gasteiger partial charge < -0.3 is 13.6 Å². The molecular weight excluding hydrogens is 574 g/mol. The van der Waals surface area contributed by atoms with E-state index in [0.717, 1.165) is 77.3 Å². The van der Waals surface area contributed by atoms with Gasteiger partial charge >= 0.3 is 0 Å². The molecule has 0 spiro atoms. The molecule has 0 aliphatic carbocycles. The van der Waals surface area contributed by atoms with Gasteiger partial charge in [-0.15, -0.1) is 0 Å². The first-order valence-electron chi connectivity index (χ1n) is 15.8. The summed E-state index contributed by atoms with van der Waals surface area (Å²) in [6.07, 6.45) is 0. The maximum atomic E-state index is 9.99. The quantitative estimate of drug-likeness (QED) is 0.203. The summed E-state index contributed by atoms with van der Waals surface area (Å²) in [5.74, 6) is 0. The molecule has 7 aromatic carbocycles. The number of nitrogens with zero attached hydrogens (tertiary/aromatic N) is 3. The second-order valence-corrected chi connectivity index (χ2v) is 12.0. The number of benzene rings is 7. The standard InChI is InChI=1S/C43H25N3O/c44-26-27-18-20-30(39(24-27)46-36-15-7-4-12-31(36)32-13-5-8-16-37(32)46)28-19-22-38-35(25-28)33-21-23-41-42(34-14-6-9-17-40(34)47-41)43(33)45(38)29-10-2-1-3-11-29/h1-25H. The zero-order chi connectivity index (χ0) is 31.1. The van der Waals surface area contributed by atoms with Crippen LogP contribution in [-0.2, 0) is 0 Å². The van der Waals surface area contributed by atoms with E-state index >= 15 is 0 Å². The molecule has 218 valence electrons. The van der Waals surface area contributed by atoms with Gasteiger partial charge in [-0.2, -0.15) is 5.26 Å². The van der Waals surface area contributed by atoms with Crippen LogP contribution in [-0.4, -0.2) is 9.13 Å². The summed E-state index contributed by atoms with van der Waals surface area (Å²) in [4.78, 5) is 0. The summed E-state index contributed by atoms with van der Waals surface area (Å²) in [6.45, 7) is 0. The van der Waals surface area contributed by atoms with Gasteiger partial charge in [-0.1, -0.05) is 84.9 Å². The fourth-order valence-corrected chi connectivity index (χ4v) is 7.54. The van der Waals surface area contributed by atoms with Gasteiger partial charge in [-0.3, -0.25) is 0 Å². The molecule has 4 nitrogen and oxygen atoms in total. The molecule has 10 rings (SSSR count). The van der Waals surface area contributed by atoms with Crippen LogP contribution in [0.25, 0.3) is 88.1 Å². The summed E-state index contributed by atoms with van der Waals surface area (Å²) in [5.41, 5.74) is 11.1. The van der Waals surface area contributed by atoms with Crippen LogP contribution >= 0.6 is 0 Å². The van der Waals surface area contributed by atoms with E-state index in [0.29, 0.717) is 5.56 Å². The van der Waals surface area contributed by atoms with Crippen LogP contribution in [0.15, 0.2) is 156 Å². The number of hydrogen-bond acceptors (Lipinski definition) is 2. The predicted octanol–water partition coefficient (Wildman–Crippen LogP) is 11.3. The van der Waals surface area contributed by atoms with Crippen molar-refractivity contribution in [2.24, 2.45) is 0 Å². The van der Waals surface area contributed by atoms with Gasteiger partial charge in [0.05, 0.1) is 44.8 Å². The Morgan fingerprint density at radius 3 is 1.94 bits per heavy atom. The van der Waals surface area contributed by atoms with Gasteiger partial charge in [-0.25, -0.2) is 0 Å². The summed E-state index contributed by atoms with van der Waals surface area (Å²) in [5, 5.41) is 16.9. The third-order valence-corrected chi connectivity index (χ3v) is 9.54. The van der Waals surface area contributed by atoms with E-state index in [4.69, 9.17) is 4.42 Å². The highest BCUT2D eigenvalue weighted by atomic mass is 16.3. The number of aromatic nitrogens is 2. The van der Waals surface area contributed by atoms with Crippen molar-refractivity contribution in [3.05, 3.63) is 157 Å². The number of rotatable bonds is 3. The molecule has 3 heterocycles. The Morgan fingerprint density at radius 1 is 0.489 bits per heavy atom. The highest BCUT2D eigenvalue weighted by molar-refractivity contribution is 6.25. The summed E-state index contributed by atoms with van der Waals surface area (Å²) in [6, 6.07) is 55.3. The van der Waals surface area contributed by atoms with Gasteiger partial charge in [0.1, 0.15) is 11.2 Å². The molecule has 0 aliphatic heterocycles. The molecule has 10 aromatic rings. The molecular formula is C43H25N3O. The van der Waals surface area contributed by atoms with Crippen LogP contribution in [0.3, 0.4) is 0 Å². The van der Waals surface area contributed by atoms with Crippen molar-refractivity contribution in [1.82, 2.24) is 9.13 Å². The van der Waals surface area contributed by atoms with Gasteiger partial charge in [0.15, 0.2) is 0 Å². The van der Waals surface area contributed by atoms with Crippen LogP contribution in [0.5, 0.6) is 0 Å². The highest BCUT2D eigenvalue weighted by Crippen LogP contribution is 2.43. The van der Waals surface area contributed by atoms with Crippen molar-refractivity contribution >= 4 is 65.6 Å². The summed E-state index contributed by atoms with van der Waals surface area (Å²) < 4.78 is 11.0. The van der Waals surface area contributed by atoms with E-state index in [1.165, 1.54) is 10.8 Å². The van der Waals surface area contributed by atoms with Crippen LogP contribution in [0.1, 0.15) is 5.56 Å². The Morgan fingerprint density at radius 2 is 1.17 bits per heavy atom. The smallest absolute Gasteiger partial charge is 0.137 e. The van der Waals surface area contributed by atoms with Crippen LogP contribution in [0.2, 0.25) is 0 Å². The first-order valence-corrected chi connectivity index (χ1v) is 15.8. The average Bonchev–Trinajstić information content (AvgIpc) is 3.79. The lowest BCUT2D eigenvalue weighted by molar-refractivity contribution is 0.669. The molecule has 0 unspecified atom stereocenters. The van der Waals surface area contributed by atoms with E-state index in [-0.39, 0.29) is 0 Å². The van der Waals surface area contributed by atoms with Crippen molar-refractivity contribution in [2.45, 2.75) is 0 Å². The molecule has 0 radical (unpaired) electrons. The van der Waals surface area contributed by atoms with Crippen LogP contribution < -0.4 is 0 Å². The zero-order valence-corrected chi connectivity index (χ0v) is 25.2. The molecule has 0 atom stereocenters. The maximum Gasteiger partial charge on any atom is 0.137 e. The fourth-order valence-electron chi connectivity index (χ4n) is 7.54. The fraction of sp³-hybridized carbons (Fsp3) is 0. The number of furan rings is 1. The van der Waals surface area contributed by atoms with Gasteiger partial charge in [0, 0.05) is 38.2 Å². The molecule has 0 bridgehead atoms. The Kier molecular flexibility index (Phi) is 5.32. The zero-order valence-electron chi connectivity index (χ0n) is 25.2. The van der Waals surface area contributed by atoms with Crippen LogP contribution in [0.4, 0.5) is 0 Å². The molecule has 0 saturated heterocycles. The van der Waals surface area contributed by atoms with Crippen molar-refractivity contribution in [2.75, 3.05) is 0 Å². The minimum Gasteiger partial charge on any atom is -0.456 e. The van der Waals surface area contributed by atoms with Crippen molar-refractivity contribution < 1.29 is 4.42 Å². The molecule has 47 heavy (non-hydrogen) atoms. The van der Waals surface area contributed by atoms with Gasteiger partial charge in [0.25, 0.3) is 0 Å². The van der Waals surface area contributed by atoms with E-state index in [9.17, 15) is 5.26 Å². The van der Waals surface area contributed by atoms with Crippen molar-refractivity contribution in [3.8, 4) is 28.6 Å². The number of hydrogen-bond donors (Lipinski definition) is 0. The minimum atomic E-state index is 0.626. The first-order chi connectivity index (χ1) is 23.3. The van der Waals surface area contributed by atoms with Gasteiger partial charge in [0.2, 0.25) is 0 Å². The molecule has 0 aliphatic rings. The second kappa shape index (κ2) is 9.71. The third kappa shape index (κ3) is 3.63. The Labute approximate surface area is 269 Å². The third-order valence-electron chi connectivity index (χ3n) is 9.54. The number of fused-ring (bicyclic) bond motifs is 10. The molecule has 4 heteroatoms. The maximum absolute atomic E-state index is 9.99. The Bertz CT molecular complexity index is 2860. The van der Waals surface area contributed by atoms with E-state index < -0.39 is 0 Å². The lowest BCUT2D eigenvalue weighted by Gasteiger charge is -2.15. The predicted molar refractivity (Wildman–Crippen MR) is 193 cm³/mol. The topological polar surface area (TPSA) is 46.8 Å². The first kappa shape index (κ1) is 25.7. The van der Waals surface area contributed by atoms with Crippen LogP contribution in [0, 0.1) is 11.3 Å². The lowest BCUT2D eigenvalue weighted by atomic mass is 9.99.